The van der Waals surface area contributed by atoms with Crippen LogP contribution in [0.1, 0.15) is 65.7 Å². The topological polar surface area (TPSA) is 40.5 Å². The third-order valence-corrected chi connectivity index (χ3v) is 8.27. The lowest BCUT2D eigenvalue weighted by atomic mass is 9.45. The van der Waals surface area contributed by atoms with E-state index in [0.29, 0.717) is 17.3 Å². The van der Waals surface area contributed by atoms with Crippen LogP contribution in [-0.2, 0) is 0 Å². The molecule has 4 aliphatic rings. The second-order valence-electron chi connectivity index (χ2n) is 9.36. The first-order valence-corrected chi connectivity index (χ1v) is 9.42. The second kappa shape index (κ2) is 4.83. The maximum Gasteiger partial charge on any atom is 0.0596 e. The Balaban J connectivity index is 1.73. The van der Waals surface area contributed by atoms with Gasteiger partial charge in [0.25, 0.3) is 0 Å². The van der Waals surface area contributed by atoms with Gasteiger partial charge in [0.1, 0.15) is 0 Å². The smallest absolute Gasteiger partial charge is 0.0596 e. The summed E-state index contributed by atoms with van der Waals surface area (Å²) in [7, 11) is 0. The molecule has 124 valence electrons. The van der Waals surface area contributed by atoms with Crippen molar-refractivity contribution in [2.45, 2.75) is 77.9 Å². The van der Waals surface area contributed by atoms with Gasteiger partial charge in [-0.15, -0.1) is 0 Å². The SMILES string of the molecule is CC1C[C@]2(C)C(O)CC[C@H]2[C@@H]2CC=C3CC(O)CC[C@]3(C)[C@H]12. The highest BCUT2D eigenvalue weighted by Crippen LogP contribution is 2.66. The molecule has 0 aliphatic heterocycles. The van der Waals surface area contributed by atoms with Crippen molar-refractivity contribution in [2.24, 2.45) is 34.5 Å². The zero-order chi connectivity index (χ0) is 15.7. The summed E-state index contributed by atoms with van der Waals surface area (Å²) in [5, 5.41) is 20.7. The van der Waals surface area contributed by atoms with Gasteiger partial charge in [0.2, 0.25) is 0 Å². The van der Waals surface area contributed by atoms with Crippen LogP contribution >= 0.6 is 0 Å². The van der Waals surface area contributed by atoms with Crippen LogP contribution in [0.15, 0.2) is 11.6 Å². The zero-order valence-electron chi connectivity index (χ0n) is 14.4. The van der Waals surface area contributed by atoms with Gasteiger partial charge in [0.15, 0.2) is 0 Å². The molecule has 0 heterocycles. The molecule has 3 fully saturated rings. The number of hydrogen-bond acceptors (Lipinski definition) is 2. The molecule has 2 heteroatoms. The molecule has 0 bridgehead atoms. The number of rotatable bonds is 0. The van der Waals surface area contributed by atoms with E-state index in [1.54, 1.807) is 5.57 Å². The molecule has 0 spiro atoms. The van der Waals surface area contributed by atoms with Gasteiger partial charge in [0.05, 0.1) is 12.2 Å². The molecule has 8 atom stereocenters. The summed E-state index contributed by atoms with van der Waals surface area (Å²) in [6.45, 7) is 7.27. The first-order valence-electron chi connectivity index (χ1n) is 9.42. The third-order valence-electron chi connectivity index (χ3n) is 8.27. The van der Waals surface area contributed by atoms with Crippen LogP contribution in [0.2, 0.25) is 0 Å². The summed E-state index contributed by atoms with van der Waals surface area (Å²) in [4.78, 5) is 0. The Hall–Kier alpha value is -0.340. The van der Waals surface area contributed by atoms with Crippen LogP contribution in [0.5, 0.6) is 0 Å². The quantitative estimate of drug-likeness (QED) is 0.666. The van der Waals surface area contributed by atoms with E-state index in [4.69, 9.17) is 0 Å². The summed E-state index contributed by atoms with van der Waals surface area (Å²) in [6, 6.07) is 0. The van der Waals surface area contributed by atoms with Gasteiger partial charge < -0.3 is 10.2 Å². The van der Waals surface area contributed by atoms with Crippen molar-refractivity contribution in [2.75, 3.05) is 0 Å². The lowest BCUT2D eigenvalue weighted by molar-refractivity contribution is -0.0998. The molecule has 22 heavy (non-hydrogen) atoms. The number of hydrogen-bond donors (Lipinski definition) is 2. The maximum atomic E-state index is 10.6. The van der Waals surface area contributed by atoms with E-state index < -0.39 is 0 Å². The standard InChI is InChI=1S/C20H32O2/c1-12-11-20(3)16(6-7-17(20)22)15-5-4-13-10-14(21)8-9-19(13,2)18(12)15/h4,12,14-18,21-22H,5-11H2,1-3H3/t12?,14?,15-,16-,17?,18+,19-,20-/m0/s1. The fourth-order valence-electron chi connectivity index (χ4n) is 7.33. The number of fused-ring (bicyclic) bond motifs is 5. The monoisotopic (exact) mass is 304 g/mol. The summed E-state index contributed by atoms with van der Waals surface area (Å²) >= 11 is 0. The second-order valence-corrected chi connectivity index (χ2v) is 9.36. The van der Waals surface area contributed by atoms with E-state index in [1.165, 1.54) is 19.3 Å². The van der Waals surface area contributed by atoms with Gasteiger partial charge in [-0.05, 0) is 79.4 Å². The van der Waals surface area contributed by atoms with Crippen molar-refractivity contribution >= 4 is 0 Å². The van der Waals surface area contributed by atoms with Crippen molar-refractivity contribution in [3.63, 3.8) is 0 Å². The molecule has 0 radical (unpaired) electrons. The number of aliphatic hydroxyl groups is 2. The third kappa shape index (κ3) is 1.86. The van der Waals surface area contributed by atoms with E-state index in [-0.39, 0.29) is 17.6 Å². The number of aliphatic hydroxyl groups excluding tert-OH is 2. The van der Waals surface area contributed by atoms with Crippen molar-refractivity contribution in [1.82, 2.24) is 0 Å². The van der Waals surface area contributed by atoms with Gasteiger partial charge in [-0.25, -0.2) is 0 Å². The number of allylic oxidation sites excluding steroid dienone is 1. The first kappa shape index (κ1) is 15.2. The van der Waals surface area contributed by atoms with Gasteiger partial charge in [-0.2, -0.15) is 0 Å². The van der Waals surface area contributed by atoms with Gasteiger partial charge in [-0.1, -0.05) is 32.4 Å². The van der Waals surface area contributed by atoms with E-state index in [0.717, 1.165) is 37.5 Å². The van der Waals surface area contributed by atoms with E-state index in [1.807, 2.05) is 0 Å². The molecule has 0 aromatic carbocycles. The Kier molecular flexibility index (Phi) is 3.34. The normalized spacial score (nSPS) is 57.6. The fourth-order valence-corrected chi connectivity index (χ4v) is 7.33. The molecule has 0 amide bonds. The predicted octanol–water partition coefficient (Wildman–Crippen LogP) is 3.92. The van der Waals surface area contributed by atoms with Crippen molar-refractivity contribution in [3.05, 3.63) is 11.6 Å². The summed E-state index contributed by atoms with van der Waals surface area (Å²) < 4.78 is 0. The Morgan fingerprint density at radius 2 is 1.91 bits per heavy atom. The van der Waals surface area contributed by atoms with Crippen LogP contribution in [0.25, 0.3) is 0 Å². The Bertz CT molecular complexity index is 498. The van der Waals surface area contributed by atoms with Crippen LogP contribution in [0, 0.1) is 34.5 Å². The van der Waals surface area contributed by atoms with Crippen molar-refractivity contribution in [3.8, 4) is 0 Å². The van der Waals surface area contributed by atoms with E-state index in [2.05, 4.69) is 26.8 Å². The molecule has 2 nitrogen and oxygen atoms in total. The average molecular weight is 304 g/mol. The lowest BCUT2D eigenvalue weighted by Crippen LogP contribution is -2.54. The van der Waals surface area contributed by atoms with Crippen LogP contribution in [0.4, 0.5) is 0 Å². The molecule has 4 rings (SSSR count). The van der Waals surface area contributed by atoms with Gasteiger partial charge in [0, 0.05) is 0 Å². The zero-order valence-corrected chi connectivity index (χ0v) is 14.4. The van der Waals surface area contributed by atoms with Gasteiger partial charge >= 0.3 is 0 Å². The molecule has 4 aliphatic carbocycles. The van der Waals surface area contributed by atoms with E-state index in [9.17, 15) is 10.2 Å². The minimum absolute atomic E-state index is 0.0905. The van der Waals surface area contributed by atoms with Gasteiger partial charge in [-0.3, -0.25) is 0 Å². The maximum absolute atomic E-state index is 10.6. The molecular weight excluding hydrogens is 272 g/mol. The van der Waals surface area contributed by atoms with Crippen molar-refractivity contribution < 1.29 is 10.2 Å². The van der Waals surface area contributed by atoms with Crippen LogP contribution in [-0.4, -0.2) is 22.4 Å². The molecule has 0 aromatic rings. The largest absolute Gasteiger partial charge is 0.393 e. The highest BCUT2D eigenvalue weighted by atomic mass is 16.3. The first-order chi connectivity index (χ1) is 10.4. The Labute approximate surface area is 135 Å². The summed E-state index contributed by atoms with van der Waals surface area (Å²) in [5.74, 6) is 2.88. The molecule has 0 aromatic heterocycles. The minimum atomic E-state index is -0.117. The fraction of sp³-hybridized carbons (Fsp3) is 0.900. The molecule has 3 saturated carbocycles. The van der Waals surface area contributed by atoms with E-state index >= 15 is 0 Å². The molecular formula is C20H32O2. The lowest BCUT2D eigenvalue weighted by Gasteiger charge is -2.60. The summed E-state index contributed by atoms with van der Waals surface area (Å²) in [6.07, 6.45) is 9.87. The van der Waals surface area contributed by atoms with Crippen LogP contribution < -0.4 is 0 Å². The van der Waals surface area contributed by atoms with Crippen molar-refractivity contribution in [1.29, 1.82) is 0 Å². The molecule has 2 N–H and O–H groups in total. The minimum Gasteiger partial charge on any atom is -0.393 e. The Morgan fingerprint density at radius 3 is 2.68 bits per heavy atom. The van der Waals surface area contributed by atoms with Crippen LogP contribution in [0.3, 0.4) is 0 Å². The average Bonchev–Trinajstić information content (AvgIpc) is 2.75. The predicted molar refractivity (Wildman–Crippen MR) is 88.3 cm³/mol. The molecule has 0 saturated heterocycles. The summed E-state index contributed by atoms with van der Waals surface area (Å²) in [5.41, 5.74) is 1.99. The highest BCUT2D eigenvalue weighted by molar-refractivity contribution is 5.26. The highest BCUT2D eigenvalue weighted by Gasteiger charge is 2.60. The Morgan fingerprint density at radius 1 is 1.14 bits per heavy atom. The molecule has 3 unspecified atom stereocenters.